The highest BCUT2D eigenvalue weighted by molar-refractivity contribution is 7.07. The predicted octanol–water partition coefficient (Wildman–Crippen LogP) is 3.71. The van der Waals surface area contributed by atoms with Gasteiger partial charge in [0.15, 0.2) is 16.3 Å². The quantitative estimate of drug-likeness (QED) is 0.220. The number of nitrogens with zero attached hydrogens (tertiary/aromatic N) is 4. The van der Waals surface area contributed by atoms with Crippen molar-refractivity contribution >= 4 is 34.8 Å². The summed E-state index contributed by atoms with van der Waals surface area (Å²) in [6.07, 6.45) is 4.88. The monoisotopic (exact) mass is 592 g/mol. The van der Waals surface area contributed by atoms with E-state index in [0.29, 0.717) is 37.7 Å². The van der Waals surface area contributed by atoms with Gasteiger partial charge in [0, 0.05) is 36.5 Å². The van der Waals surface area contributed by atoms with Gasteiger partial charge in [0.25, 0.3) is 11.2 Å². The molecule has 0 amide bonds. The van der Waals surface area contributed by atoms with Crippen LogP contribution in [0, 0.1) is 10.1 Å². The van der Waals surface area contributed by atoms with Crippen molar-refractivity contribution in [1.29, 1.82) is 0 Å². The Labute approximate surface area is 246 Å². The zero-order valence-corrected chi connectivity index (χ0v) is 24.7. The van der Waals surface area contributed by atoms with Gasteiger partial charge in [-0.25, -0.2) is 9.79 Å². The summed E-state index contributed by atoms with van der Waals surface area (Å²) in [5.74, 6) is 0.375. The number of allylic oxidation sites excluding steroid dienone is 1. The number of carbonyl (C=O) groups excluding carboxylic acids is 1. The molecule has 12 heteroatoms. The van der Waals surface area contributed by atoms with Gasteiger partial charge < -0.3 is 19.1 Å². The molecule has 42 heavy (non-hydrogen) atoms. The highest BCUT2D eigenvalue weighted by Gasteiger charge is 2.34. The Hall–Kier alpha value is -4.45. The van der Waals surface area contributed by atoms with Crippen LogP contribution in [0.15, 0.2) is 57.5 Å². The highest BCUT2D eigenvalue weighted by atomic mass is 32.1. The lowest BCUT2D eigenvalue weighted by Gasteiger charge is -2.30. The summed E-state index contributed by atoms with van der Waals surface area (Å²) in [5, 5.41) is 11.6. The van der Waals surface area contributed by atoms with E-state index in [-0.39, 0.29) is 23.4 Å². The molecule has 1 unspecified atom stereocenters. The summed E-state index contributed by atoms with van der Waals surface area (Å²) in [5.41, 5.74) is 2.29. The number of nitro groups is 1. The Kier molecular flexibility index (Phi) is 8.44. The Morgan fingerprint density at radius 1 is 1.12 bits per heavy atom. The molecule has 3 aromatic rings. The van der Waals surface area contributed by atoms with Crippen molar-refractivity contribution < 1.29 is 23.9 Å². The first-order valence-electron chi connectivity index (χ1n) is 13.7. The second-order valence-electron chi connectivity index (χ2n) is 9.96. The third kappa shape index (κ3) is 5.41. The van der Waals surface area contributed by atoms with E-state index in [2.05, 4.69) is 9.89 Å². The number of piperidine rings is 1. The molecule has 2 aliphatic rings. The normalized spacial score (nSPS) is 17.0. The molecule has 0 N–H and O–H groups in total. The minimum atomic E-state index is -0.839. The van der Waals surface area contributed by atoms with Crippen LogP contribution in [-0.4, -0.2) is 49.4 Å². The Bertz CT molecular complexity index is 1750. The number of esters is 1. The van der Waals surface area contributed by atoms with Crippen LogP contribution in [0.5, 0.6) is 11.5 Å². The Morgan fingerprint density at radius 2 is 1.86 bits per heavy atom. The molecule has 11 nitrogen and oxygen atoms in total. The number of non-ortho nitro benzene ring substituents is 1. The second kappa shape index (κ2) is 12.2. The molecular weight excluding hydrogens is 560 g/mol. The number of fused-ring (bicyclic) bond motifs is 1. The molecule has 0 bridgehead atoms. The topological polar surface area (TPSA) is 126 Å². The van der Waals surface area contributed by atoms with Crippen molar-refractivity contribution in [2.45, 2.75) is 39.2 Å². The van der Waals surface area contributed by atoms with E-state index in [9.17, 15) is 19.7 Å². The molecule has 3 heterocycles. The van der Waals surface area contributed by atoms with Gasteiger partial charge in [-0.3, -0.25) is 19.5 Å². The van der Waals surface area contributed by atoms with Crippen LogP contribution in [0.3, 0.4) is 0 Å². The van der Waals surface area contributed by atoms with Crippen LogP contribution < -0.4 is 29.3 Å². The number of anilines is 1. The molecule has 0 saturated carbocycles. The number of nitro benzene ring substituents is 1. The number of hydrogen-bond acceptors (Lipinski definition) is 10. The summed E-state index contributed by atoms with van der Waals surface area (Å²) in [6, 6.07) is 9.13. The smallest absolute Gasteiger partial charge is 0.338 e. The van der Waals surface area contributed by atoms with Gasteiger partial charge >= 0.3 is 5.97 Å². The van der Waals surface area contributed by atoms with Crippen LogP contribution in [0.4, 0.5) is 11.4 Å². The number of hydrogen-bond donors (Lipinski definition) is 0. The first kappa shape index (κ1) is 29.1. The van der Waals surface area contributed by atoms with E-state index in [4.69, 9.17) is 14.2 Å². The Morgan fingerprint density at radius 3 is 2.52 bits per heavy atom. The fourth-order valence-corrected chi connectivity index (χ4v) is 6.50. The van der Waals surface area contributed by atoms with Crippen LogP contribution >= 0.6 is 11.3 Å². The van der Waals surface area contributed by atoms with E-state index in [1.54, 1.807) is 44.2 Å². The lowest BCUT2D eigenvalue weighted by atomic mass is 9.95. The molecule has 2 aliphatic heterocycles. The van der Waals surface area contributed by atoms with Gasteiger partial charge in [-0.1, -0.05) is 17.4 Å². The zero-order valence-electron chi connectivity index (χ0n) is 23.9. The molecule has 220 valence electrons. The number of methoxy groups -OCH3 is 2. The maximum atomic E-state index is 14.1. The van der Waals surface area contributed by atoms with E-state index < -0.39 is 16.9 Å². The van der Waals surface area contributed by atoms with Crippen molar-refractivity contribution in [3.05, 3.63) is 88.6 Å². The first-order chi connectivity index (χ1) is 20.3. The number of benzene rings is 2. The average Bonchev–Trinajstić information content (AvgIpc) is 3.30. The summed E-state index contributed by atoms with van der Waals surface area (Å²) >= 11 is 1.17. The minimum Gasteiger partial charge on any atom is -0.493 e. The largest absolute Gasteiger partial charge is 0.493 e. The number of aromatic nitrogens is 1. The van der Waals surface area contributed by atoms with Crippen LogP contribution in [0.25, 0.3) is 6.08 Å². The maximum absolute atomic E-state index is 14.1. The molecule has 1 fully saturated rings. The van der Waals surface area contributed by atoms with Crippen molar-refractivity contribution in [2.24, 2.45) is 4.99 Å². The van der Waals surface area contributed by atoms with E-state index in [0.717, 1.165) is 38.0 Å². The van der Waals surface area contributed by atoms with Gasteiger partial charge in [0.05, 0.1) is 47.6 Å². The van der Waals surface area contributed by atoms with E-state index in [1.165, 1.54) is 42.3 Å². The van der Waals surface area contributed by atoms with Crippen LogP contribution in [-0.2, 0) is 9.53 Å². The fraction of sp³-hybridized carbons (Fsp3) is 0.367. The summed E-state index contributed by atoms with van der Waals surface area (Å²) in [7, 11) is 3.04. The summed E-state index contributed by atoms with van der Waals surface area (Å²) < 4.78 is 18.1. The van der Waals surface area contributed by atoms with Crippen molar-refractivity contribution in [2.75, 3.05) is 38.8 Å². The lowest BCUT2D eigenvalue weighted by molar-refractivity contribution is -0.384. The molecule has 2 aromatic carbocycles. The Balaban J connectivity index is 1.73. The second-order valence-corrected chi connectivity index (χ2v) is 11.0. The van der Waals surface area contributed by atoms with Crippen LogP contribution in [0.1, 0.15) is 50.3 Å². The molecule has 0 aliphatic carbocycles. The number of carbonyl (C=O) groups is 1. The van der Waals surface area contributed by atoms with Gasteiger partial charge in [0.1, 0.15) is 0 Å². The molecule has 1 atom stereocenters. The van der Waals surface area contributed by atoms with E-state index in [1.807, 2.05) is 0 Å². The number of rotatable bonds is 8. The molecular formula is C30H32N4O7S. The molecule has 1 saturated heterocycles. The highest BCUT2D eigenvalue weighted by Crippen LogP contribution is 2.36. The molecule has 5 rings (SSSR count). The van der Waals surface area contributed by atoms with Gasteiger partial charge in [-0.2, -0.15) is 0 Å². The molecule has 0 spiro atoms. The van der Waals surface area contributed by atoms with Crippen molar-refractivity contribution in [1.82, 2.24) is 4.57 Å². The third-order valence-electron chi connectivity index (χ3n) is 7.45. The fourth-order valence-electron chi connectivity index (χ4n) is 5.46. The molecule has 0 radical (unpaired) electrons. The molecule has 1 aromatic heterocycles. The van der Waals surface area contributed by atoms with Crippen molar-refractivity contribution in [3.8, 4) is 11.5 Å². The average molecular weight is 593 g/mol. The van der Waals surface area contributed by atoms with Gasteiger partial charge in [0.2, 0.25) is 0 Å². The van der Waals surface area contributed by atoms with Crippen molar-refractivity contribution in [3.63, 3.8) is 0 Å². The minimum absolute atomic E-state index is 0.0570. The number of ether oxygens (including phenoxy) is 3. The predicted molar refractivity (Wildman–Crippen MR) is 159 cm³/mol. The standard InChI is InChI=1S/C30H32N4O7S/c1-5-41-29(36)26-18(2)31-30-33(27(26)19-9-12-23(39-3)24(16-19)40-4)28(35)25(42-30)17-20-15-21(34(37)38)10-11-22(20)32-13-7-6-8-14-32/h9-12,15-17,27H,5-8,13-14H2,1-4H3/b25-17+. The van der Waals surface area contributed by atoms with Gasteiger partial charge in [-0.15, -0.1) is 0 Å². The van der Waals surface area contributed by atoms with Crippen LogP contribution in [0.2, 0.25) is 0 Å². The summed E-state index contributed by atoms with van der Waals surface area (Å²) in [6.45, 7) is 5.26. The first-order valence-corrected chi connectivity index (χ1v) is 14.5. The number of thiazole rings is 1. The third-order valence-corrected chi connectivity index (χ3v) is 8.43. The summed E-state index contributed by atoms with van der Waals surface area (Å²) in [4.78, 5) is 45.8. The SMILES string of the molecule is CCOC(=O)C1=C(C)N=c2s/c(=C/c3cc([N+](=O)[O-])ccc3N3CCCCC3)c(=O)n2C1c1ccc(OC)c(OC)c1. The lowest BCUT2D eigenvalue weighted by Crippen LogP contribution is -2.40. The maximum Gasteiger partial charge on any atom is 0.338 e. The van der Waals surface area contributed by atoms with Gasteiger partial charge in [-0.05, 0) is 62.9 Å². The zero-order chi connectivity index (χ0) is 30.0. The van der Waals surface area contributed by atoms with E-state index >= 15 is 0 Å².